The third kappa shape index (κ3) is 6.26. The average Bonchev–Trinajstić information content (AvgIpc) is 2.62. The SMILES string of the molecule is CN=C(NCc1ccc(C(N)=O)cc1)NCc1ccccc1OC.I. The Balaban J connectivity index is 0.00000312. The molecular weight excluding hydrogens is 431 g/mol. The molecule has 2 rings (SSSR count). The highest BCUT2D eigenvalue weighted by molar-refractivity contribution is 14.0. The predicted octanol–water partition coefficient (Wildman–Crippen LogP) is 2.28. The lowest BCUT2D eigenvalue weighted by Crippen LogP contribution is -2.36. The molecule has 0 atom stereocenters. The van der Waals surface area contributed by atoms with Gasteiger partial charge in [0.1, 0.15) is 5.75 Å². The van der Waals surface area contributed by atoms with E-state index in [1.54, 1.807) is 26.3 Å². The number of hydrogen-bond acceptors (Lipinski definition) is 3. The minimum atomic E-state index is -0.427. The number of carbonyl (C=O) groups excluding carboxylic acids is 1. The van der Waals surface area contributed by atoms with Crippen molar-refractivity contribution < 1.29 is 9.53 Å². The first kappa shape index (κ1) is 20.8. The highest BCUT2D eigenvalue weighted by Gasteiger charge is 2.04. The van der Waals surface area contributed by atoms with E-state index in [2.05, 4.69) is 15.6 Å². The second-order valence-corrected chi connectivity index (χ2v) is 5.15. The molecule has 0 spiro atoms. The summed E-state index contributed by atoms with van der Waals surface area (Å²) in [5.41, 5.74) is 7.81. The number of primary amides is 1. The minimum absolute atomic E-state index is 0. The van der Waals surface area contributed by atoms with Crippen molar-refractivity contribution in [3.63, 3.8) is 0 Å². The van der Waals surface area contributed by atoms with Crippen LogP contribution in [0.1, 0.15) is 21.5 Å². The number of ether oxygens (including phenoxy) is 1. The third-order valence-corrected chi connectivity index (χ3v) is 3.56. The van der Waals surface area contributed by atoms with Gasteiger partial charge in [0, 0.05) is 31.3 Å². The molecule has 0 radical (unpaired) electrons. The van der Waals surface area contributed by atoms with E-state index in [1.165, 1.54) is 0 Å². The molecule has 2 aromatic rings. The number of aliphatic imine (C=N–C) groups is 1. The topological polar surface area (TPSA) is 88.7 Å². The molecule has 4 N–H and O–H groups in total. The highest BCUT2D eigenvalue weighted by Crippen LogP contribution is 2.16. The lowest BCUT2D eigenvalue weighted by Gasteiger charge is -2.14. The van der Waals surface area contributed by atoms with Crippen molar-refractivity contribution in [1.29, 1.82) is 0 Å². The van der Waals surface area contributed by atoms with E-state index in [1.807, 2.05) is 36.4 Å². The van der Waals surface area contributed by atoms with Gasteiger partial charge in [0.05, 0.1) is 7.11 Å². The number of nitrogens with one attached hydrogen (secondary N) is 2. The lowest BCUT2D eigenvalue weighted by molar-refractivity contribution is 0.100. The molecule has 0 aliphatic heterocycles. The summed E-state index contributed by atoms with van der Waals surface area (Å²) in [6.45, 7) is 1.19. The maximum atomic E-state index is 11.1. The molecule has 0 unspecified atom stereocenters. The van der Waals surface area contributed by atoms with Crippen LogP contribution in [-0.4, -0.2) is 26.0 Å². The van der Waals surface area contributed by atoms with E-state index in [-0.39, 0.29) is 24.0 Å². The van der Waals surface area contributed by atoms with Crippen LogP contribution in [-0.2, 0) is 13.1 Å². The largest absolute Gasteiger partial charge is 0.496 e. The van der Waals surface area contributed by atoms with E-state index in [0.29, 0.717) is 24.6 Å². The molecule has 0 fully saturated rings. The summed E-state index contributed by atoms with van der Waals surface area (Å²) in [6.07, 6.45) is 0. The van der Waals surface area contributed by atoms with Crippen LogP contribution in [0, 0.1) is 0 Å². The molecule has 7 heteroatoms. The van der Waals surface area contributed by atoms with Gasteiger partial charge in [-0.05, 0) is 23.8 Å². The number of amides is 1. The van der Waals surface area contributed by atoms with Crippen LogP contribution in [0.15, 0.2) is 53.5 Å². The summed E-state index contributed by atoms with van der Waals surface area (Å²) in [4.78, 5) is 15.3. The molecule has 0 aliphatic carbocycles. The Morgan fingerprint density at radius 2 is 1.72 bits per heavy atom. The summed E-state index contributed by atoms with van der Waals surface area (Å²) in [6, 6.07) is 15.0. The quantitative estimate of drug-likeness (QED) is 0.355. The summed E-state index contributed by atoms with van der Waals surface area (Å²) >= 11 is 0. The van der Waals surface area contributed by atoms with Crippen molar-refractivity contribution in [2.24, 2.45) is 10.7 Å². The fourth-order valence-electron chi connectivity index (χ4n) is 2.22. The number of halogens is 1. The number of hydrogen-bond donors (Lipinski definition) is 3. The first-order valence-corrected chi connectivity index (χ1v) is 7.59. The van der Waals surface area contributed by atoms with Gasteiger partial charge < -0.3 is 21.1 Å². The number of carbonyl (C=O) groups is 1. The fraction of sp³-hybridized carbons (Fsp3) is 0.222. The fourth-order valence-corrected chi connectivity index (χ4v) is 2.22. The smallest absolute Gasteiger partial charge is 0.248 e. The molecule has 0 saturated heterocycles. The molecule has 0 saturated carbocycles. The standard InChI is InChI=1S/C18H22N4O2.HI/c1-20-18(22-12-15-5-3-4-6-16(15)24-2)21-11-13-7-9-14(10-8-13)17(19)23;/h3-10H,11-12H2,1-2H3,(H2,19,23)(H2,20,21,22);1H. The van der Waals surface area contributed by atoms with Gasteiger partial charge in [0.25, 0.3) is 0 Å². The van der Waals surface area contributed by atoms with Crippen LogP contribution in [0.4, 0.5) is 0 Å². The zero-order chi connectivity index (χ0) is 17.4. The zero-order valence-corrected chi connectivity index (χ0v) is 16.6. The van der Waals surface area contributed by atoms with Gasteiger partial charge in [-0.25, -0.2) is 0 Å². The molecule has 134 valence electrons. The van der Waals surface area contributed by atoms with Gasteiger partial charge in [-0.15, -0.1) is 24.0 Å². The Bertz CT molecular complexity index is 717. The Hall–Kier alpha value is -2.29. The average molecular weight is 454 g/mol. The number of methoxy groups -OCH3 is 1. The molecule has 0 heterocycles. The molecule has 2 aromatic carbocycles. The molecule has 0 aromatic heterocycles. The number of nitrogens with zero attached hydrogens (tertiary/aromatic N) is 1. The maximum absolute atomic E-state index is 11.1. The normalized spacial score (nSPS) is 10.6. The van der Waals surface area contributed by atoms with E-state index in [9.17, 15) is 4.79 Å². The third-order valence-electron chi connectivity index (χ3n) is 3.56. The van der Waals surface area contributed by atoms with Crippen LogP contribution in [0.2, 0.25) is 0 Å². The number of guanidine groups is 1. The molecule has 6 nitrogen and oxygen atoms in total. The van der Waals surface area contributed by atoms with Gasteiger partial charge in [0.2, 0.25) is 5.91 Å². The monoisotopic (exact) mass is 454 g/mol. The van der Waals surface area contributed by atoms with Gasteiger partial charge in [-0.1, -0.05) is 30.3 Å². The number of para-hydroxylation sites is 1. The first-order chi connectivity index (χ1) is 11.6. The molecule has 25 heavy (non-hydrogen) atoms. The summed E-state index contributed by atoms with van der Waals surface area (Å²) in [5.74, 6) is 1.09. The molecular formula is C18H23IN4O2. The molecule has 1 amide bonds. The highest BCUT2D eigenvalue weighted by atomic mass is 127. The second-order valence-electron chi connectivity index (χ2n) is 5.15. The van der Waals surface area contributed by atoms with Crippen molar-refractivity contribution in [3.8, 4) is 5.75 Å². The van der Waals surface area contributed by atoms with Crippen molar-refractivity contribution in [2.45, 2.75) is 13.1 Å². The number of benzene rings is 2. The van der Waals surface area contributed by atoms with Gasteiger partial charge >= 0.3 is 0 Å². The molecule has 0 bridgehead atoms. The van der Waals surface area contributed by atoms with Crippen molar-refractivity contribution in [3.05, 3.63) is 65.2 Å². The van der Waals surface area contributed by atoms with Crippen molar-refractivity contribution >= 4 is 35.8 Å². The Labute approximate surface area is 164 Å². The first-order valence-electron chi connectivity index (χ1n) is 7.59. The lowest BCUT2D eigenvalue weighted by atomic mass is 10.1. The van der Waals surface area contributed by atoms with Crippen molar-refractivity contribution in [1.82, 2.24) is 10.6 Å². The van der Waals surface area contributed by atoms with Crippen LogP contribution in [0.25, 0.3) is 0 Å². The Morgan fingerprint density at radius 3 is 2.32 bits per heavy atom. The maximum Gasteiger partial charge on any atom is 0.248 e. The van der Waals surface area contributed by atoms with Crippen LogP contribution >= 0.6 is 24.0 Å². The van der Waals surface area contributed by atoms with E-state index < -0.39 is 5.91 Å². The molecule has 0 aliphatic rings. The van der Waals surface area contributed by atoms with Crippen LogP contribution < -0.4 is 21.1 Å². The van der Waals surface area contributed by atoms with Gasteiger partial charge in [-0.2, -0.15) is 0 Å². The summed E-state index contributed by atoms with van der Waals surface area (Å²) in [7, 11) is 3.37. The summed E-state index contributed by atoms with van der Waals surface area (Å²) < 4.78 is 5.33. The van der Waals surface area contributed by atoms with Crippen LogP contribution in [0.3, 0.4) is 0 Å². The number of rotatable bonds is 6. The number of nitrogens with two attached hydrogens (primary N) is 1. The van der Waals surface area contributed by atoms with Gasteiger partial charge in [0.15, 0.2) is 5.96 Å². The Kier molecular flexibility index (Phi) is 8.76. The van der Waals surface area contributed by atoms with E-state index in [4.69, 9.17) is 10.5 Å². The van der Waals surface area contributed by atoms with Gasteiger partial charge in [-0.3, -0.25) is 9.79 Å². The second kappa shape index (κ2) is 10.5. The zero-order valence-electron chi connectivity index (χ0n) is 14.3. The predicted molar refractivity (Wildman–Crippen MR) is 110 cm³/mol. The summed E-state index contributed by atoms with van der Waals surface area (Å²) in [5, 5.41) is 6.47. The van der Waals surface area contributed by atoms with Crippen LogP contribution in [0.5, 0.6) is 5.75 Å². The van der Waals surface area contributed by atoms with E-state index in [0.717, 1.165) is 16.9 Å². The van der Waals surface area contributed by atoms with E-state index >= 15 is 0 Å². The Morgan fingerprint density at radius 1 is 1.08 bits per heavy atom. The van der Waals surface area contributed by atoms with Crippen molar-refractivity contribution in [2.75, 3.05) is 14.2 Å². The minimum Gasteiger partial charge on any atom is -0.496 e.